The minimum Gasteiger partial charge on any atom is -0.338 e. The van der Waals surface area contributed by atoms with Crippen LogP contribution in [0.1, 0.15) is 20.3 Å². The van der Waals surface area contributed by atoms with Crippen LogP contribution in [0.15, 0.2) is 0 Å². The number of carbonyl (C=O) groups excluding carboxylic acids is 2. The van der Waals surface area contributed by atoms with Gasteiger partial charge in [0.25, 0.3) is 0 Å². The highest BCUT2D eigenvalue weighted by molar-refractivity contribution is 6.64. The second kappa shape index (κ2) is 4.64. The SMILES string of the molecule is CC(C)[C@@H](C(=O)Cl)N1CCCNC1=O. The van der Waals surface area contributed by atoms with E-state index in [9.17, 15) is 9.59 Å². The third-order valence-electron chi connectivity index (χ3n) is 2.31. The molecule has 0 saturated carbocycles. The molecule has 1 atom stereocenters. The molecule has 0 aromatic rings. The summed E-state index contributed by atoms with van der Waals surface area (Å²) >= 11 is 5.48. The number of halogens is 1. The van der Waals surface area contributed by atoms with Crippen LogP contribution in [0.4, 0.5) is 4.79 Å². The Morgan fingerprint density at radius 1 is 1.57 bits per heavy atom. The van der Waals surface area contributed by atoms with Gasteiger partial charge in [-0.2, -0.15) is 0 Å². The second-order valence-electron chi connectivity index (χ2n) is 3.77. The van der Waals surface area contributed by atoms with Crippen LogP contribution < -0.4 is 5.32 Å². The molecule has 5 heteroatoms. The fourth-order valence-electron chi connectivity index (χ4n) is 1.66. The highest BCUT2D eigenvalue weighted by Crippen LogP contribution is 2.16. The molecule has 0 aromatic heterocycles. The van der Waals surface area contributed by atoms with Crippen LogP contribution in [0.25, 0.3) is 0 Å². The Balaban J connectivity index is 2.75. The lowest BCUT2D eigenvalue weighted by molar-refractivity contribution is -0.117. The Morgan fingerprint density at radius 2 is 2.21 bits per heavy atom. The summed E-state index contributed by atoms with van der Waals surface area (Å²) in [6.07, 6.45) is 0.860. The molecule has 80 valence electrons. The molecule has 1 N–H and O–H groups in total. The third-order valence-corrected chi connectivity index (χ3v) is 2.54. The summed E-state index contributed by atoms with van der Waals surface area (Å²) in [5, 5.41) is 2.24. The molecule has 1 fully saturated rings. The number of hydrogen-bond acceptors (Lipinski definition) is 2. The first-order chi connectivity index (χ1) is 6.54. The first-order valence-corrected chi connectivity index (χ1v) is 5.15. The zero-order chi connectivity index (χ0) is 10.7. The van der Waals surface area contributed by atoms with E-state index in [1.807, 2.05) is 13.8 Å². The number of rotatable bonds is 3. The Bertz CT molecular complexity index is 243. The lowest BCUT2D eigenvalue weighted by atomic mass is 10.0. The first-order valence-electron chi connectivity index (χ1n) is 4.78. The van der Waals surface area contributed by atoms with Crippen molar-refractivity contribution in [3.63, 3.8) is 0 Å². The van der Waals surface area contributed by atoms with E-state index in [0.29, 0.717) is 13.1 Å². The lowest BCUT2D eigenvalue weighted by Crippen LogP contribution is -2.54. The average molecular weight is 219 g/mol. The van der Waals surface area contributed by atoms with Crippen molar-refractivity contribution in [3.05, 3.63) is 0 Å². The van der Waals surface area contributed by atoms with Crippen LogP contribution in [-0.4, -0.2) is 35.3 Å². The molecule has 1 heterocycles. The van der Waals surface area contributed by atoms with Crippen LogP contribution >= 0.6 is 11.6 Å². The van der Waals surface area contributed by atoms with E-state index in [1.165, 1.54) is 4.90 Å². The molecule has 0 aliphatic carbocycles. The van der Waals surface area contributed by atoms with Gasteiger partial charge in [-0.1, -0.05) is 13.8 Å². The summed E-state index contributed by atoms with van der Waals surface area (Å²) < 4.78 is 0. The summed E-state index contributed by atoms with van der Waals surface area (Å²) in [5.74, 6) is 0.0452. The average Bonchev–Trinajstić information content (AvgIpc) is 2.07. The highest BCUT2D eigenvalue weighted by atomic mass is 35.5. The normalized spacial score (nSPS) is 19.4. The zero-order valence-corrected chi connectivity index (χ0v) is 9.17. The quantitative estimate of drug-likeness (QED) is 0.724. The van der Waals surface area contributed by atoms with Crippen molar-refractivity contribution in [2.24, 2.45) is 5.92 Å². The van der Waals surface area contributed by atoms with Gasteiger partial charge in [0.2, 0.25) is 5.24 Å². The summed E-state index contributed by atoms with van der Waals surface area (Å²) in [4.78, 5) is 24.1. The maximum absolute atomic E-state index is 11.4. The number of nitrogens with zero attached hydrogens (tertiary/aromatic N) is 1. The van der Waals surface area contributed by atoms with Gasteiger partial charge in [0.05, 0.1) is 0 Å². The maximum atomic E-state index is 11.4. The molecule has 14 heavy (non-hydrogen) atoms. The molecule has 0 spiro atoms. The van der Waals surface area contributed by atoms with Crippen molar-refractivity contribution in [1.29, 1.82) is 0 Å². The predicted octanol–water partition coefficient (Wildman–Crippen LogP) is 1.19. The molecule has 2 amide bonds. The molecule has 1 saturated heterocycles. The number of nitrogens with one attached hydrogen (secondary N) is 1. The van der Waals surface area contributed by atoms with Gasteiger partial charge in [-0.15, -0.1) is 0 Å². The van der Waals surface area contributed by atoms with E-state index in [4.69, 9.17) is 11.6 Å². The van der Waals surface area contributed by atoms with Crippen molar-refractivity contribution in [2.45, 2.75) is 26.3 Å². The second-order valence-corrected chi connectivity index (χ2v) is 4.14. The number of urea groups is 1. The van der Waals surface area contributed by atoms with E-state index in [-0.39, 0.29) is 11.9 Å². The monoisotopic (exact) mass is 218 g/mol. The van der Waals surface area contributed by atoms with Crippen LogP contribution in [0.5, 0.6) is 0 Å². The smallest absolute Gasteiger partial charge is 0.318 e. The molecule has 0 unspecified atom stereocenters. The Hall–Kier alpha value is -0.770. The fourth-order valence-corrected chi connectivity index (χ4v) is 2.03. The molecule has 0 bridgehead atoms. The molecular weight excluding hydrogens is 204 g/mol. The standard InChI is InChI=1S/C9H15ClN2O2/c1-6(2)7(8(10)13)12-5-3-4-11-9(12)14/h6-7H,3-5H2,1-2H3,(H,11,14)/t7-/m0/s1. The summed E-state index contributed by atoms with van der Waals surface area (Å²) in [5.41, 5.74) is 0. The van der Waals surface area contributed by atoms with Gasteiger partial charge in [-0.05, 0) is 23.9 Å². The van der Waals surface area contributed by atoms with Gasteiger partial charge < -0.3 is 10.2 Å². The Kier molecular flexibility index (Phi) is 3.75. The molecule has 4 nitrogen and oxygen atoms in total. The number of amides is 2. The molecule has 0 aromatic carbocycles. The topological polar surface area (TPSA) is 49.4 Å². The van der Waals surface area contributed by atoms with Crippen LogP contribution in [0.2, 0.25) is 0 Å². The van der Waals surface area contributed by atoms with Crippen molar-refractivity contribution in [2.75, 3.05) is 13.1 Å². The van der Waals surface area contributed by atoms with Crippen LogP contribution in [0.3, 0.4) is 0 Å². The number of carbonyl (C=O) groups is 2. The largest absolute Gasteiger partial charge is 0.338 e. The molecule has 1 aliphatic heterocycles. The van der Waals surface area contributed by atoms with Gasteiger partial charge in [0, 0.05) is 13.1 Å². The van der Waals surface area contributed by atoms with E-state index < -0.39 is 11.3 Å². The minimum absolute atomic E-state index is 0.0452. The van der Waals surface area contributed by atoms with E-state index in [1.54, 1.807) is 0 Å². The van der Waals surface area contributed by atoms with Gasteiger partial charge in [0.15, 0.2) is 0 Å². The third kappa shape index (κ3) is 2.38. The van der Waals surface area contributed by atoms with Gasteiger partial charge in [0.1, 0.15) is 6.04 Å². The molecule has 1 aliphatic rings. The van der Waals surface area contributed by atoms with Gasteiger partial charge in [-0.3, -0.25) is 4.79 Å². The highest BCUT2D eigenvalue weighted by Gasteiger charge is 2.32. The summed E-state index contributed by atoms with van der Waals surface area (Å²) in [6, 6.07) is -0.694. The molecule has 0 radical (unpaired) electrons. The molecule has 1 rings (SSSR count). The summed E-state index contributed by atoms with van der Waals surface area (Å²) in [6.45, 7) is 5.05. The zero-order valence-electron chi connectivity index (χ0n) is 8.42. The predicted molar refractivity (Wildman–Crippen MR) is 54.2 cm³/mol. The van der Waals surface area contributed by atoms with Crippen LogP contribution in [0, 0.1) is 5.92 Å². The number of hydrogen-bond donors (Lipinski definition) is 1. The lowest BCUT2D eigenvalue weighted by Gasteiger charge is -2.34. The Labute approximate surface area is 88.6 Å². The van der Waals surface area contributed by atoms with Crippen molar-refractivity contribution >= 4 is 22.9 Å². The van der Waals surface area contributed by atoms with Crippen molar-refractivity contribution < 1.29 is 9.59 Å². The summed E-state index contributed by atoms with van der Waals surface area (Å²) in [7, 11) is 0. The van der Waals surface area contributed by atoms with Crippen LogP contribution in [-0.2, 0) is 4.79 Å². The minimum atomic E-state index is -0.503. The van der Waals surface area contributed by atoms with E-state index in [2.05, 4.69) is 5.32 Å². The fraction of sp³-hybridized carbons (Fsp3) is 0.778. The first kappa shape index (κ1) is 11.3. The van der Waals surface area contributed by atoms with Crippen molar-refractivity contribution in [3.8, 4) is 0 Å². The van der Waals surface area contributed by atoms with Crippen molar-refractivity contribution in [1.82, 2.24) is 10.2 Å². The van der Waals surface area contributed by atoms with Gasteiger partial charge in [-0.25, -0.2) is 4.79 Å². The Morgan fingerprint density at radius 3 is 2.64 bits per heavy atom. The molecular formula is C9H15ClN2O2. The van der Waals surface area contributed by atoms with Gasteiger partial charge >= 0.3 is 6.03 Å². The van der Waals surface area contributed by atoms with E-state index >= 15 is 0 Å². The maximum Gasteiger partial charge on any atom is 0.318 e. The van der Waals surface area contributed by atoms with E-state index in [0.717, 1.165) is 6.42 Å².